The van der Waals surface area contributed by atoms with Crippen molar-refractivity contribution >= 4 is 5.91 Å². The Morgan fingerprint density at radius 3 is 2.24 bits per heavy atom. The number of benzene rings is 1. The van der Waals surface area contributed by atoms with Gasteiger partial charge in [0.25, 0.3) is 0 Å². The average molecular weight is 395 g/mol. The lowest BCUT2D eigenvalue weighted by atomic mass is 9.47. The van der Waals surface area contributed by atoms with Crippen LogP contribution in [0.15, 0.2) is 30.3 Å². The van der Waals surface area contributed by atoms with Crippen LogP contribution in [-0.2, 0) is 10.2 Å². The Balaban J connectivity index is 1.44. The Morgan fingerprint density at radius 2 is 1.59 bits per heavy atom. The lowest BCUT2D eigenvalue weighted by Crippen LogP contribution is -2.64. The van der Waals surface area contributed by atoms with Crippen LogP contribution in [0.25, 0.3) is 0 Å². The Hall–Kier alpha value is -1.35. The van der Waals surface area contributed by atoms with E-state index in [1.54, 1.807) is 0 Å². The fourth-order valence-electron chi connectivity index (χ4n) is 7.89. The number of fused-ring (bicyclic) bond motifs is 5. The molecule has 0 aromatic heterocycles. The van der Waals surface area contributed by atoms with Crippen LogP contribution in [0.4, 0.5) is 0 Å². The summed E-state index contributed by atoms with van der Waals surface area (Å²) < 4.78 is 0. The van der Waals surface area contributed by atoms with Crippen molar-refractivity contribution < 1.29 is 4.79 Å². The van der Waals surface area contributed by atoms with Gasteiger partial charge < -0.3 is 10.2 Å². The molecule has 3 saturated heterocycles. The number of amides is 1. The minimum atomic E-state index is -0.251. The van der Waals surface area contributed by atoms with Crippen LogP contribution in [0.3, 0.4) is 0 Å². The summed E-state index contributed by atoms with van der Waals surface area (Å²) in [6, 6.07) is 11.1. The van der Waals surface area contributed by atoms with Crippen LogP contribution in [0.1, 0.15) is 77.7 Å². The van der Waals surface area contributed by atoms with Crippen molar-refractivity contribution in [2.75, 3.05) is 19.6 Å². The van der Waals surface area contributed by atoms with E-state index in [-0.39, 0.29) is 16.4 Å². The molecule has 6 rings (SSSR count). The van der Waals surface area contributed by atoms with Crippen LogP contribution < -0.4 is 5.32 Å². The van der Waals surface area contributed by atoms with E-state index < -0.39 is 0 Å². The van der Waals surface area contributed by atoms with Gasteiger partial charge in [-0.3, -0.25) is 4.79 Å². The molecular weight excluding hydrogens is 356 g/mol. The Morgan fingerprint density at radius 1 is 0.931 bits per heavy atom. The first-order valence-electron chi connectivity index (χ1n) is 11.8. The zero-order valence-electron chi connectivity index (χ0n) is 18.6. The number of hydrogen-bond donors (Lipinski definition) is 1. The second-order valence-corrected chi connectivity index (χ2v) is 12.0. The van der Waals surface area contributed by atoms with Crippen molar-refractivity contribution in [2.45, 2.75) is 83.1 Å². The normalized spacial score (nSPS) is 43.0. The van der Waals surface area contributed by atoms with Gasteiger partial charge in [0.15, 0.2) is 0 Å². The Kier molecular flexibility index (Phi) is 4.44. The van der Waals surface area contributed by atoms with E-state index in [2.05, 4.69) is 61.3 Å². The summed E-state index contributed by atoms with van der Waals surface area (Å²) in [5, 5.41) is 3.64. The topological polar surface area (TPSA) is 32.3 Å². The van der Waals surface area contributed by atoms with Crippen molar-refractivity contribution in [1.82, 2.24) is 10.2 Å². The van der Waals surface area contributed by atoms with Crippen molar-refractivity contribution in [1.29, 1.82) is 0 Å². The molecule has 29 heavy (non-hydrogen) atoms. The largest absolute Gasteiger partial charge is 0.350 e. The lowest BCUT2D eigenvalue weighted by molar-refractivity contribution is -0.141. The molecule has 1 aromatic rings. The zero-order valence-corrected chi connectivity index (χ0v) is 18.6. The van der Waals surface area contributed by atoms with E-state index in [1.807, 2.05) is 0 Å². The molecule has 1 amide bonds. The van der Waals surface area contributed by atoms with Gasteiger partial charge in [-0.2, -0.15) is 0 Å². The molecule has 3 nitrogen and oxygen atoms in total. The van der Waals surface area contributed by atoms with Gasteiger partial charge in [-0.1, -0.05) is 51.1 Å². The van der Waals surface area contributed by atoms with Gasteiger partial charge in [-0.25, -0.2) is 0 Å². The first-order chi connectivity index (χ1) is 13.7. The van der Waals surface area contributed by atoms with E-state index >= 15 is 0 Å². The molecule has 158 valence electrons. The first kappa shape index (κ1) is 19.6. The molecule has 1 N–H and O–H groups in total. The molecule has 5 aliphatic rings. The van der Waals surface area contributed by atoms with Crippen molar-refractivity contribution in [2.24, 2.45) is 16.7 Å². The van der Waals surface area contributed by atoms with Crippen LogP contribution >= 0.6 is 0 Å². The number of carbonyl (C=O) groups is 1. The number of nitrogens with one attached hydrogen (secondary N) is 1. The highest BCUT2D eigenvalue weighted by atomic mass is 16.2. The molecule has 0 radical (unpaired) electrons. The summed E-state index contributed by atoms with van der Waals surface area (Å²) in [5.41, 5.74) is 1.77. The molecule has 1 aromatic carbocycles. The lowest BCUT2D eigenvalue weighted by Gasteiger charge is -2.58. The summed E-state index contributed by atoms with van der Waals surface area (Å²) >= 11 is 0. The average Bonchev–Trinajstić information content (AvgIpc) is 2.68. The zero-order chi connectivity index (χ0) is 20.3. The van der Waals surface area contributed by atoms with E-state index in [0.29, 0.717) is 17.2 Å². The second-order valence-electron chi connectivity index (χ2n) is 12.0. The van der Waals surface area contributed by atoms with Gasteiger partial charge in [0.1, 0.15) is 0 Å². The third kappa shape index (κ3) is 3.44. The summed E-state index contributed by atoms with van der Waals surface area (Å²) in [6.45, 7) is 10.6. The highest BCUT2D eigenvalue weighted by Crippen LogP contribution is 2.61. The first-order valence-corrected chi connectivity index (χ1v) is 11.8. The van der Waals surface area contributed by atoms with E-state index in [1.165, 1.54) is 24.8 Å². The number of rotatable bonds is 3. The molecule has 3 atom stereocenters. The summed E-state index contributed by atoms with van der Waals surface area (Å²) in [7, 11) is 0. The smallest absolute Gasteiger partial charge is 0.226 e. The quantitative estimate of drug-likeness (QED) is 0.790. The molecule has 3 heterocycles. The van der Waals surface area contributed by atoms with Gasteiger partial charge in [-0.05, 0) is 73.7 Å². The molecule has 3 unspecified atom stereocenters. The SMILES string of the molecule is CC1(C)CC2CC(C)(C(=O)NC34CCN(CC3)CC4)CC(c3ccccc3)(C2)C1. The Labute approximate surface area is 176 Å². The van der Waals surface area contributed by atoms with E-state index in [0.717, 1.165) is 51.7 Å². The molecule has 0 spiro atoms. The minimum Gasteiger partial charge on any atom is -0.350 e. The third-order valence-corrected chi connectivity index (χ3v) is 8.84. The van der Waals surface area contributed by atoms with Crippen LogP contribution in [0.2, 0.25) is 0 Å². The second kappa shape index (κ2) is 6.57. The van der Waals surface area contributed by atoms with E-state index in [9.17, 15) is 4.79 Å². The molecule has 3 aliphatic heterocycles. The van der Waals surface area contributed by atoms with Crippen LogP contribution in [-0.4, -0.2) is 36.0 Å². The van der Waals surface area contributed by atoms with Crippen molar-refractivity contribution in [3.63, 3.8) is 0 Å². The maximum Gasteiger partial charge on any atom is 0.226 e. The molecule has 4 bridgehead atoms. The maximum absolute atomic E-state index is 13.8. The fourth-order valence-corrected chi connectivity index (χ4v) is 7.89. The highest BCUT2D eigenvalue weighted by molar-refractivity contribution is 5.83. The number of hydrogen-bond acceptors (Lipinski definition) is 2. The Bertz CT molecular complexity index is 765. The number of piperidine rings is 3. The van der Waals surface area contributed by atoms with Crippen LogP contribution in [0, 0.1) is 16.7 Å². The van der Waals surface area contributed by atoms with Crippen molar-refractivity contribution in [3.05, 3.63) is 35.9 Å². The van der Waals surface area contributed by atoms with Gasteiger partial charge in [0.2, 0.25) is 5.91 Å². The summed E-state index contributed by atoms with van der Waals surface area (Å²) in [4.78, 5) is 16.4. The number of carbonyl (C=O) groups excluding carboxylic acids is 1. The molecule has 5 fully saturated rings. The predicted octanol–water partition coefficient (Wildman–Crippen LogP) is 4.91. The molecule has 2 saturated carbocycles. The number of nitrogens with zero attached hydrogens (tertiary/aromatic N) is 1. The monoisotopic (exact) mass is 394 g/mol. The minimum absolute atomic E-state index is 0.0700. The van der Waals surface area contributed by atoms with Crippen LogP contribution in [0.5, 0.6) is 0 Å². The van der Waals surface area contributed by atoms with Gasteiger partial charge in [-0.15, -0.1) is 0 Å². The standard InChI is InChI=1S/C26H38N2O/c1-23(2)15-20-16-24(3,19-25(17-20,18-23)21-7-5-4-6-8-21)22(29)27-26-9-12-28(13-10-26)14-11-26/h4-8,20H,9-19H2,1-3H3,(H,27,29). The molecule has 3 heteroatoms. The summed E-state index contributed by atoms with van der Waals surface area (Å²) in [5.74, 6) is 0.992. The molecule has 2 aliphatic carbocycles. The maximum atomic E-state index is 13.8. The summed E-state index contributed by atoms with van der Waals surface area (Å²) in [6.07, 6.45) is 9.16. The third-order valence-electron chi connectivity index (χ3n) is 8.84. The van der Waals surface area contributed by atoms with Gasteiger partial charge >= 0.3 is 0 Å². The predicted molar refractivity (Wildman–Crippen MR) is 118 cm³/mol. The molecular formula is C26H38N2O. The van der Waals surface area contributed by atoms with Gasteiger partial charge in [0.05, 0.1) is 0 Å². The fraction of sp³-hybridized carbons (Fsp3) is 0.731. The highest BCUT2D eigenvalue weighted by Gasteiger charge is 2.56. The van der Waals surface area contributed by atoms with Gasteiger partial charge in [0, 0.05) is 30.6 Å². The van der Waals surface area contributed by atoms with Crippen molar-refractivity contribution in [3.8, 4) is 0 Å². The van der Waals surface area contributed by atoms with E-state index in [4.69, 9.17) is 0 Å².